The number of ether oxygens (including phenoxy) is 1. The van der Waals surface area contributed by atoms with Gasteiger partial charge in [0.15, 0.2) is 0 Å². The van der Waals surface area contributed by atoms with E-state index in [9.17, 15) is 9.59 Å². The molecule has 1 aromatic carbocycles. The van der Waals surface area contributed by atoms with Gasteiger partial charge in [0.2, 0.25) is 11.8 Å². The number of carbonyl (C=O) groups excluding carboxylic acids is 2. The number of rotatable bonds is 6. The van der Waals surface area contributed by atoms with E-state index in [1.54, 1.807) is 31.4 Å². The maximum Gasteiger partial charge on any atom is 0.240 e. The highest BCUT2D eigenvalue weighted by molar-refractivity contribution is 5.95. The van der Waals surface area contributed by atoms with E-state index in [-0.39, 0.29) is 30.6 Å². The molecule has 1 unspecified atom stereocenters. The smallest absolute Gasteiger partial charge is 0.240 e. The molecule has 1 saturated carbocycles. The van der Waals surface area contributed by atoms with Crippen LogP contribution in [0.3, 0.4) is 0 Å². The van der Waals surface area contributed by atoms with E-state index in [0.717, 1.165) is 25.4 Å². The zero-order chi connectivity index (χ0) is 16.9. The summed E-state index contributed by atoms with van der Waals surface area (Å²) in [6, 6.07) is 6.74. The fraction of sp³-hybridized carbons (Fsp3) is 0.556. The third-order valence-corrected chi connectivity index (χ3v) is 4.85. The van der Waals surface area contributed by atoms with Crippen molar-refractivity contribution in [3.05, 3.63) is 24.3 Å². The number of methoxy groups -OCH3 is 1. The van der Waals surface area contributed by atoms with Crippen LogP contribution in [-0.4, -0.2) is 49.5 Å². The molecule has 2 amide bonds. The highest BCUT2D eigenvalue weighted by Gasteiger charge is 2.32. The molecular formula is C18H26ClN3O3. The Bertz CT molecular complexity index is 590. The molecule has 25 heavy (non-hydrogen) atoms. The van der Waals surface area contributed by atoms with Gasteiger partial charge in [0, 0.05) is 25.3 Å². The van der Waals surface area contributed by atoms with Crippen molar-refractivity contribution in [2.45, 2.75) is 31.7 Å². The van der Waals surface area contributed by atoms with Crippen molar-refractivity contribution in [1.29, 1.82) is 0 Å². The number of benzene rings is 1. The molecule has 6 nitrogen and oxygen atoms in total. The molecule has 0 spiro atoms. The molecule has 138 valence electrons. The number of nitrogens with one attached hydrogen (secondary N) is 2. The zero-order valence-electron chi connectivity index (χ0n) is 14.5. The van der Waals surface area contributed by atoms with Crippen LogP contribution in [0.1, 0.15) is 25.7 Å². The largest absolute Gasteiger partial charge is 0.497 e. The quantitative estimate of drug-likeness (QED) is 0.807. The lowest BCUT2D eigenvalue weighted by Gasteiger charge is -2.37. The molecule has 1 aliphatic carbocycles. The number of amides is 2. The number of carbonyl (C=O) groups is 2. The van der Waals surface area contributed by atoms with E-state index in [1.165, 1.54) is 19.3 Å². The Kier molecular flexibility index (Phi) is 7.08. The second-order valence-corrected chi connectivity index (χ2v) is 6.57. The highest BCUT2D eigenvalue weighted by Crippen LogP contribution is 2.27. The van der Waals surface area contributed by atoms with E-state index < -0.39 is 6.04 Å². The van der Waals surface area contributed by atoms with Gasteiger partial charge in [-0.25, -0.2) is 0 Å². The first-order valence-corrected chi connectivity index (χ1v) is 8.62. The van der Waals surface area contributed by atoms with Crippen molar-refractivity contribution in [3.8, 4) is 5.75 Å². The van der Waals surface area contributed by atoms with E-state index in [1.807, 2.05) is 4.90 Å². The monoisotopic (exact) mass is 367 g/mol. The van der Waals surface area contributed by atoms with Crippen LogP contribution >= 0.6 is 12.4 Å². The van der Waals surface area contributed by atoms with Crippen LogP contribution in [0.5, 0.6) is 5.75 Å². The van der Waals surface area contributed by atoms with Gasteiger partial charge in [0.25, 0.3) is 0 Å². The van der Waals surface area contributed by atoms with Crippen molar-refractivity contribution in [1.82, 2.24) is 10.2 Å². The summed E-state index contributed by atoms with van der Waals surface area (Å²) in [6.07, 6.45) is 3.88. The van der Waals surface area contributed by atoms with Gasteiger partial charge >= 0.3 is 0 Å². The maximum absolute atomic E-state index is 12.5. The average molecular weight is 368 g/mol. The molecule has 1 saturated heterocycles. The summed E-state index contributed by atoms with van der Waals surface area (Å²) in [7, 11) is 1.60. The van der Waals surface area contributed by atoms with Gasteiger partial charge in [-0.3, -0.25) is 9.59 Å². The van der Waals surface area contributed by atoms with E-state index >= 15 is 0 Å². The Morgan fingerprint density at radius 2 is 2.04 bits per heavy atom. The van der Waals surface area contributed by atoms with Crippen LogP contribution < -0.4 is 15.4 Å². The molecule has 1 aliphatic heterocycles. The van der Waals surface area contributed by atoms with Crippen molar-refractivity contribution in [3.63, 3.8) is 0 Å². The molecule has 2 fully saturated rings. The average Bonchev–Trinajstić information content (AvgIpc) is 2.54. The minimum absolute atomic E-state index is 0. The Morgan fingerprint density at radius 1 is 1.32 bits per heavy atom. The molecule has 3 rings (SSSR count). The molecule has 1 aromatic rings. The number of anilines is 1. The summed E-state index contributed by atoms with van der Waals surface area (Å²) in [4.78, 5) is 26.7. The Hall–Kier alpha value is -1.79. The predicted molar refractivity (Wildman–Crippen MR) is 99.2 cm³/mol. The summed E-state index contributed by atoms with van der Waals surface area (Å²) in [5.41, 5.74) is 0.704. The van der Waals surface area contributed by atoms with E-state index in [0.29, 0.717) is 11.6 Å². The van der Waals surface area contributed by atoms with Gasteiger partial charge in [0.05, 0.1) is 19.6 Å². The van der Waals surface area contributed by atoms with E-state index in [4.69, 9.17) is 4.74 Å². The maximum atomic E-state index is 12.5. The second kappa shape index (κ2) is 9.06. The van der Waals surface area contributed by atoms with Crippen molar-refractivity contribution in [2.24, 2.45) is 5.92 Å². The van der Waals surface area contributed by atoms with Gasteiger partial charge in [-0.2, -0.15) is 0 Å². The molecule has 7 heteroatoms. The van der Waals surface area contributed by atoms with Crippen LogP contribution in [0.15, 0.2) is 24.3 Å². The molecule has 2 aliphatic rings. The Balaban J connectivity index is 0.00000225. The standard InChI is InChI=1S/C18H25N3O3.ClH/c1-24-15-7-5-14(6-8-15)20-17(22)11-16-18(23)21(10-9-19-16)12-13-3-2-4-13;/h5-8,13,16,19H,2-4,9-12H2,1H3,(H,20,22);1H. The molecular weight excluding hydrogens is 342 g/mol. The van der Waals surface area contributed by atoms with Crippen molar-refractivity contribution < 1.29 is 14.3 Å². The zero-order valence-corrected chi connectivity index (χ0v) is 15.3. The summed E-state index contributed by atoms with van der Waals surface area (Å²) >= 11 is 0. The molecule has 0 aromatic heterocycles. The lowest BCUT2D eigenvalue weighted by Crippen LogP contribution is -2.57. The number of hydrogen-bond donors (Lipinski definition) is 2. The van der Waals surface area contributed by atoms with Gasteiger partial charge in [-0.1, -0.05) is 6.42 Å². The number of piperazine rings is 1. The van der Waals surface area contributed by atoms with Gasteiger partial charge in [0.1, 0.15) is 5.75 Å². The predicted octanol–water partition coefficient (Wildman–Crippen LogP) is 2.05. The molecule has 1 atom stereocenters. The van der Waals surface area contributed by atoms with E-state index in [2.05, 4.69) is 10.6 Å². The Labute approximate surface area is 154 Å². The lowest BCUT2D eigenvalue weighted by molar-refractivity contribution is -0.138. The molecule has 2 N–H and O–H groups in total. The fourth-order valence-electron chi connectivity index (χ4n) is 3.19. The second-order valence-electron chi connectivity index (χ2n) is 6.57. The third kappa shape index (κ3) is 5.09. The highest BCUT2D eigenvalue weighted by atomic mass is 35.5. The van der Waals surface area contributed by atoms with Gasteiger partial charge in [-0.05, 0) is 43.0 Å². The topological polar surface area (TPSA) is 70.7 Å². The molecule has 1 heterocycles. The molecule has 0 radical (unpaired) electrons. The first-order valence-electron chi connectivity index (χ1n) is 8.62. The van der Waals surface area contributed by atoms with Crippen molar-refractivity contribution in [2.75, 3.05) is 32.1 Å². The summed E-state index contributed by atoms with van der Waals surface area (Å²) in [5, 5.41) is 6.00. The summed E-state index contributed by atoms with van der Waals surface area (Å²) in [6.45, 7) is 2.34. The third-order valence-electron chi connectivity index (χ3n) is 4.85. The Morgan fingerprint density at radius 3 is 2.64 bits per heavy atom. The van der Waals surface area contributed by atoms with Crippen LogP contribution in [0.4, 0.5) is 5.69 Å². The minimum Gasteiger partial charge on any atom is -0.497 e. The summed E-state index contributed by atoms with van der Waals surface area (Å²) < 4.78 is 5.09. The fourth-order valence-corrected chi connectivity index (χ4v) is 3.19. The SMILES string of the molecule is COc1ccc(NC(=O)CC2NCCN(CC3CCC3)C2=O)cc1.Cl. The van der Waals surface area contributed by atoms with Crippen LogP contribution in [0, 0.1) is 5.92 Å². The van der Waals surface area contributed by atoms with Crippen LogP contribution in [-0.2, 0) is 9.59 Å². The summed E-state index contributed by atoms with van der Waals surface area (Å²) in [5.74, 6) is 1.29. The minimum atomic E-state index is -0.419. The number of hydrogen-bond acceptors (Lipinski definition) is 4. The lowest BCUT2D eigenvalue weighted by atomic mass is 9.85. The first kappa shape index (κ1) is 19.5. The first-order chi connectivity index (χ1) is 11.7. The van der Waals surface area contributed by atoms with Crippen LogP contribution in [0.25, 0.3) is 0 Å². The van der Waals surface area contributed by atoms with Crippen molar-refractivity contribution >= 4 is 29.9 Å². The molecule has 0 bridgehead atoms. The number of nitrogens with zero attached hydrogens (tertiary/aromatic N) is 1. The van der Waals surface area contributed by atoms with Gasteiger partial charge < -0.3 is 20.3 Å². The van der Waals surface area contributed by atoms with Crippen LogP contribution in [0.2, 0.25) is 0 Å². The normalized spacial score (nSPS) is 20.4. The number of halogens is 1. The van der Waals surface area contributed by atoms with Gasteiger partial charge in [-0.15, -0.1) is 12.4 Å².